The van der Waals surface area contributed by atoms with Crippen molar-refractivity contribution in [1.82, 2.24) is 15.5 Å². The molecule has 0 aliphatic carbocycles. The standard InChI is InChI=1S/C20H34N4.HI/c1-16(2)14-24-12-8-9-18(15-24)13-22-20(21-4)23-17(3)19-10-6-5-7-11-19;/h5-7,10-11,16-18H,8-9,12-15H2,1-4H3,(H2,21,22,23);1H. The van der Waals surface area contributed by atoms with Gasteiger partial charge in [0.15, 0.2) is 5.96 Å². The van der Waals surface area contributed by atoms with Crippen LogP contribution in [0.15, 0.2) is 35.3 Å². The lowest BCUT2D eigenvalue weighted by Gasteiger charge is -2.34. The van der Waals surface area contributed by atoms with Crippen LogP contribution in [0.5, 0.6) is 0 Å². The van der Waals surface area contributed by atoms with Gasteiger partial charge in [-0.15, -0.1) is 24.0 Å². The van der Waals surface area contributed by atoms with E-state index < -0.39 is 0 Å². The molecule has 25 heavy (non-hydrogen) atoms. The van der Waals surface area contributed by atoms with Crippen molar-refractivity contribution in [2.75, 3.05) is 33.2 Å². The molecular formula is C20H35IN4. The normalized spacial score (nSPS) is 20.0. The molecule has 0 radical (unpaired) electrons. The highest BCUT2D eigenvalue weighted by molar-refractivity contribution is 14.0. The largest absolute Gasteiger partial charge is 0.356 e. The first-order valence-corrected chi connectivity index (χ1v) is 9.33. The first-order chi connectivity index (χ1) is 11.6. The van der Waals surface area contributed by atoms with Crippen molar-refractivity contribution in [1.29, 1.82) is 0 Å². The van der Waals surface area contributed by atoms with Crippen LogP contribution in [0.1, 0.15) is 45.2 Å². The Kier molecular flexibility index (Phi) is 10.4. The molecule has 142 valence electrons. The monoisotopic (exact) mass is 458 g/mol. The molecule has 0 spiro atoms. The highest BCUT2D eigenvalue weighted by Crippen LogP contribution is 2.17. The number of hydrogen-bond acceptors (Lipinski definition) is 2. The molecule has 2 rings (SSSR count). The minimum absolute atomic E-state index is 0. The maximum absolute atomic E-state index is 4.39. The average molecular weight is 458 g/mol. The number of halogens is 1. The first-order valence-electron chi connectivity index (χ1n) is 9.33. The van der Waals surface area contributed by atoms with Gasteiger partial charge in [-0.1, -0.05) is 44.2 Å². The van der Waals surface area contributed by atoms with E-state index in [0.717, 1.165) is 18.4 Å². The maximum Gasteiger partial charge on any atom is 0.191 e. The number of rotatable bonds is 6. The van der Waals surface area contributed by atoms with Crippen molar-refractivity contribution in [2.45, 2.75) is 39.7 Å². The summed E-state index contributed by atoms with van der Waals surface area (Å²) in [6.45, 7) is 11.5. The van der Waals surface area contributed by atoms with Crippen LogP contribution in [0, 0.1) is 11.8 Å². The molecule has 1 heterocycles. The van der Waals surface area contributed by atoms with Gasteiger partial charge in [-0.3, -0.25) is 4.99 Å². The SMILES string of the molecule is CN=C(NCC1CCCN(CC(C)C)C1)NC(C)c1ccccc1.I. The van der Waals surface area contributed by atoms with Gasteiger partial charge < -0.3 is 15.5 Å². The molecule has 0 aromatic heterocycles. The summed E-state index contributed by atoms with van der Waals surface area (Å²) in [7, 11) is 1.85. The molecule has 1 fully saturated rings. The van der Waals surface area contributed by atoms with E-state index in [9.17, 15) is 0 Å². The summed E-state index contributed by atoms with van der Waals surface area (Å²) in [5, 5.41) is 7.02. The molecule has 1 saturated heterocycles. The van der Waals surface area contributed by atoms with Crippen molar-refractivity contribution in [3.8, 4) is 0 Å². The molecule has 2 N–H and O–H groups in total. The summed E-state index contributed by atoms with van der Waals surface area (Å²) in [6, 6.07) is 10.8. The van der Waals surface area contributed by atoms with E-state index in [1.165, 1.54) is 38.0 Å². The highest BCUT2D eigenvalue weighted by Gasteiger charge is 2.20. The Morgan fingerprint density at radius 3 is 2.60 bits per heavy atom. The van der Waals surface area contributed by atoms with Crippen LogP contribution in [-0.4, -0.2) is 44.1 Å². The third kappa shape index (κ3) is 7.94. The molecule has 2 unspecified atom stereocenters. The van der Waals surface area contributed by atoms with Crippen LogP contribution >= 0.6 is 24.0 Å². The van der Waals surface area contributed by atoms with Crippen LogP contribution in [0.4, 0.5) is 0 Å². The highest BCUT2D eigenvalue weighted by atomic mass is 127. The minimum atomic E-state index is 0. The van der Waals surface area contributed by atoms with Crippen LogP contribution in [-0.2, 0) is 0 Å². The van der Waals surface area contributed by atoms with Gasteiger partial charge in [0.2, 0.25) is 0 Å². The Balaban J connectivity index is 0.00000312. The number of hydrogen-bond donors (Lipinski definition) is 2. The Hall–Kier alpha value is -0.820. The fourth-order valence-corrected chi connectivity index (χ4v) is 3.47. The lowest BCUT2D eigenvalue weighted by Crippen LogP contribution is -2.45. The van der Waals surface area contributed by atoms with Crippen LogP contribution in [0.2, 0.25) is 0 Å². The Bertz CT molecular complexity index is 504. The molecular weight excluding hydrogens is 423 g/mol. The van der Waals surface area contributed by atoms with Crippen molar-refractivity contribution in [3.05, 3.63) is 35.9 Å². The number of nitrogens with one attached hydrogen (secondary N) is 2. The van der Waals surface area contributed by atoms with E-state index in [-0.39, 0.29) is 30.0 Å². The predicted molar refractivity (Wildman–Crippen MR) is 119 cm³/mol. The number of nitrogens with zero attached hydrogens (tertiary/aromatic N) is 2. The van der Waals surface area contributed by atoms with Gasteiger partial charge >= 0.3 is 0 Å². The predicted octanol–water partition coefficient (Wildman–Crippen LogP) is 3.90. The van der Waals surface area contributed by atoms with Crippen molar-refractivity contribution < 1.29 is 0 Å². The Labute approximate surface area is 170 Å². The maximum atomic E-state index is 4.39. The van der Waals surface area contributed by atoms with Gasteiger partial charge in [0, 0.05) is 26.7 Å². The lowest BCUT2D eigenvalue weighted by molar-refractivity contribution is 0.159. The summed E-state index contributed by atoms with van der Waals surface area (Å²) >= 11 is 0. The summed E-state index contributed by atoms with van der Waals surface area (Å²) in [6.07, 6.45) is 2.62. The molecule has 1 aromatic carbocycles. The quantitative estimate of drug-likeness (QED) is 0.386. The fraction of sp³-hybridized carbons (Fsp3) is 0.650. The van der Waals surface area contributed by atoms with Crippen molar-refractivity contribution in [3.63, 3.8) is 0 Å². The third-order valence-electron chi connectivity index (χ3n) is 4.66. The van der Waals surface area contributed by atoms with Gasteiger partial charge in [0.1, 0.15) is 0 Å². The van der Waals surface area contributed by atoms with Crippen molar-refractivity contribution in [2.24, 2.45) is 16.8 Å². The van der Waals surface area contributed by atoms with E-state index >= 15 is 0 Å². The molecule has 0 saturated carbocycles. The van der Waals surface area contributed by atoms with Gasteiger partial charge in [-0.05, 0) is 43.7 Å². The molecule has 2 atom stereocenters. The molecule has 1 aliphatic rings. The summed E-state index contributed by atoms with van der Waals surface area (Å²) < 4.78 is 0. The zero-order chi connectivity index (χ0) is 17.4. The number of piperidine rings is 1. The fourth-order valence-electron chi connectivity index (χ4n) is 3.47. The van der Waals surface area contributed by atoms with Gasteiger partial charge in [0.25, 0.3) is 0 Å². The molecule has 1 aliphatic heterocycles. The number of aliphatic imine (C=N–C) groups is 1. The zero-order valence-corrected chi connectivity index (χ0v) is 18.5. The minimum Gasteiger partial charge on any atom is -0.356 e. The second kappa shape index (κ2) is 11.7. The molecule has 1 aromatic rings. The first kappa shape index (κ1) is 22.2. The third-order valence-corrected chi connectivity index (χ3v) is 4.66. The van der Waals surface area contributed by atoms with E-state index in [0.29, 0.717) is 5.92 Å². The second-order valence-electron chi connectivity index (χ2n) is 7.39. The van der Waals surface area contributed by atoms with Crippen LogP contribution < -0.4 is 10.6 Å². The summed E-state index contributed by atoms with van der Waals surface area (Å²) in [5.41, 5.74) is 1.28. The van der Waals surface area contributed by atoms with Gasteiger partial charge in [0.05, 0.1) is 6.04 Å². The smallest absolute Gasteiger partial charge is 0.191 e. The molecule has 5 heteroatoms. The van der Waals surface area contributed by atoms with E-state index in [4.69, 9.17) is 0 Å². The molecule has 4 nitrogen and oxygen atoms in total. The molecule has 0 amide bonds. The zero-order valence-electron chi connectivity index (χ0n) is 16.2. The summed E-state index contributed by atoms with van der Waals surface area (Å²) in [4.78, 5) is 7.00. The lowest BCUT2D eigenvalue weighted by atomic mass is 9.97. The topological polar surface area (TPSA) is 39.7 Å². The van der Waals surface area contributed by atoms with Gasteiger partial charge in [-0.2, -0.15) is 0 Å². The van der Waals surface area contributed by atoms with Crippen LogP contribution in [0.3, 0.4) is 0 Å². The number of benzene rings is 1. The Morgan fingerprint density at radius 1 is 1.24 bits per heavy atom. The van der Waals surface area contributed by atoms with E-state index in [2.05, 4.69) is 71.6 Å². The summed E-state index contributed by atoms with van der Waals surface area (Å²) in [5.74, 6) is 2.35. The molecule has 0 bridgehead atoms. The Morgan fingerprint density at radius 2 is 1.96 bits per heavy atom. The number of guanidine groups is 1. The average Bonchev–Trinajstić information content (AvgIpc) is 2.59. The number of likely N-dealkylation sites (tertiary alicyclic amines) is 1. The van der Waals surface area contributed by atoms with Crippen LogP contribution in [0.25, 0.3) is 0 Å². The van der Waals surface area contributed by atoms with Gasteiger partial charge in [-0.25, -0.2) is 0 Å². The van der Waals surface area contributed by atoms with E-state index in [1.807, 2.05) is 7.05 Å². The second-order valence-corrected chi connectivity index (χ2v) is 7.39. The van der Waals surface area contributed by atoms with E-state index in [1.54, 1.807) is 0 Å². The van der Waals surface area contributed by atoms with Crippen molar-refractivity contribution >= 4 is 29.9 Å².